The Morgan fingerprint density at radius 3 is 2.48 bits per heavy atom. The van der Waals surface area contributed by atoms with Gasteiger partial charge in [0.2, 0.25) is 0 Å². The highest BCUT2D eigenvalue weighted by Gasteiger charge is 2.42. The van der Waals surface area contributed by atoms with Gasteiger partial charge in [0.15, 0.2) is 0 Å². The quantitative estimate of drug-likeness (QED) is 0.737. The van der Waals surface area contributed by atoms with Crippen molar-refractivity contribution in [1.82, 2.24) is 9.80 Å². The average molecular weight is 390 g/mol. The van der Waals surface area contributed by atoms with Crippen LogP contribution in [-0.2, 0) is 27.3 Å². The Morgan fingerprint density at radius 2 is 1.76 bits per heavy atom. The van der Waals surface area contributed by atoms with E-state index in [0.29, 0.717) is 24.4 Å². The number of methoxy groups -OCH3 is 1. The molecule has 5 nitrogen and oxygen atoms in total. The molecule has 0 spiro atoms. The Balaban J connectivity index is 1.80. The summed E-state index contributed by atoms with van der Waals surface area (Å²) in [6.07, 6.45) is 0.860. The van der Waals surface area contributed by atoms with Crippen molar-refractivity contribution in [2.45, 2.75) is 26.8 Å². The number of carbonyl (C=O) groups excluding carboxylic acids is 2. The lowest BCUT2D eigenvalue weighted by Gasteiger charge is -2.31. The van der Waals surface area contributed by atoms with Gasteiger partial charge in [-0.2, -0.15) is 0 Å². The minimum Gasteiger partial charge on any atom is -0.383 e. The number of aryl methyl sites for hydroxylation is 2. The summed E-state index contributed by atoms with van der Waals surface area (Å²) in [5, 5.41) is 0. The molecule has 0 saturated heterocycles. The van der Waals surface area contributed by atoms with E-state index in [0.717, 1.165) is 29.7 Å². The first-order valence-corrected chi connectivity index (χ1v) is 10.00. The third kappa shape index (κ3) is 3.47. The molecule has 0 radical (unpaired) electrons. The fourth-order valence-corrected chi connectivity index (χ4v) is 4.27. The summed E-state index contributed by atoms with van der Waals surface area (Å²) in [6.45, 7) is 5.97. The maximum absolute atomic E-state index is 13.3. The van der Waals surface area contributed by atoms with Crippen molar-refractivity contribution in [3.05, 3.63) is 76.0 Å². The highest BCUT2D eigenvalue weighted by Crippen LogP contribution is 2.35. The molecule has 0 saturated carbocycles. The number of hydrogen-bond acceptors (Lipinski definition) is 4. The maximum Gasteiger partial charge on any atom is 0.277 e. The van der Waals surface area contributed by atoms with E-state index >= 15 is 0 Å². The number of nitrogens with zero attached hydrogens (tertiary/aromatic N) is 2. The first-order valence-electron chi connectivity index (χ1n) is 10.00. The lowest BCUT2D eigenvalue weighted by molar-refractivity contribution is -0.138. The van der Waals surface area contributed by atoms with E-state index in [2.05, 4.69) is 23.1 Å². The zero-order chi connectivity index (χ0) is 20.5. The van der Waals surface area contributed by atoms with Crippen molar-refractivity contribution >= 4 is 17.4 Å². The third-order valence-corrected chi connectivity index (χ3v) is 5.76. The summed E-state index contributed by atoms with van der Waals surface area (Å²) in [5.41, 5.74) is 6.53. The van der Waals surface area contributed by atoms with E-state index < -0.39 is 0 Å². The minimum absolute atomic E-state index is 0.221. The molecular weight excluding hydrogens is 364 g/mol. The summed E-state index contributed by atoms with van der Waals surface area (Å²) in [6, 6.07) is 14.3. The van der Waals surface area contributed by atoms with Crippen molar-refractivity contribution in [3.8, 4) is 0 Å². The van der Waals surface area contributed by atoms with Crippen LogP contribution in [0.4, 0.5) is 0 Å². The highest BCUT2D eigenvalue weighted by molar-refractivity contribution is 6.35. The molecule has 0 unspecified atom stereocenters. The second-order valence-corrected chi connectivity index (χ2v) is 7.74. The molecule has 4 rings (SSSR count). The Kier molecular flexibility index (Phi) is 5.24. The summed E-state index contributed by atoms with van der Waals surface area (Å²) >= 11 is 0. The lowest BCUT2D eigenvalue weighted by atomic mass is 9.95. The number of ether oxygens (including phenoxy) is 1. The molecule has 0 N–H and O–H groups in total. The Morgan fingerprint density at radius 1 is 1.00 bits per heavy atom. The topological polar surface area (TPSA) is 49.9 Å². The minimum atomic E-state index is -0.229. The average Bonchev–Trinajstić information content (AvgIpc) is 2.96. The van der Waals surface area contributed by atoms with Gasteiger partial charge in [-0.05, 0) is 42.5 Å². The van der Waals surface area contributed by atoms with Gasteiger partial charge in [0.05, 0.1) is 18.7 Å². The molecule has 0 bridgehead atoms. The largest absolute Gasteiger partial charge is 0.383 e. The smallest absolute Gasteiger partial charge is 0.277 e. The highest BCUT2D eigenvalue weighted by atomic mass is 16.5. The van der Waals surface area contributed by atoms with Crippen LogP contribution in [0.5, 0.6) is 0 Å². The molecule has 2 aromatic carbocycles. The molecular formula is C24H26N2O3. The third-order valence-electron chi connectivity index (χ3n) is 5.76. The molecule has 0 fully saturated rings. The van der Waals surface area contributed by atoms with Crippen LogP contribution in [0.1, 0.15) is 27.8 Å². The number of carbonyl (C=O) groups is 2. The predicted octanol–water partition coefficient (Wildman–Crippen LogP) is 3.09. The molecule has 2 aliphatic heterocycles. The van der Waals surface area contributed by atoms with Gasteiger partial charge >= 0.3 is 0 Å². The Bertz CT molecular complexity index is 1010. The summed E-state index contributed by atoms with van der Waals surface area (Å²) in [5.74, 6) is -0.450. The van der Waals surface area contributed by atoms with Gasteiger partial charge in [-0.15, -0.1) is 0 Å². The number of amides is 2. The standard InChI is InChI=1S/C24H26N2O3/c1-16-8-9-20(17(2)14-16)21-22(24(28)26(23(21)27)12-13-29-3)25-11-10-18-6-4-5-7-19(18)15-25/h4-9,14H,10-13,15H2,1-3H3. The number of benzene rings is 2. The lowest BCUT2D eigenvalue weighted by Crippen LogP contribution is -2.38. The Labute approximate surface area is 171 Å². The fourth-order valence-electron chi connectivity index (χ4n) is 4.27. The molecule has 0 aromatic heterocycles. The molecule has 29 heavy (non-hydrogen) atoms. The van der Waals surface area contributed by atoms with Gasteiger partial charge in [-0.3, -0.25) is 14.5 Å². The van der Waals surface area contributed by atoms with E-state index in [4.69, 9.17) is 4.74 Å². The van der Waals surface area contributed by atoms with Gasteiger partial charge in [-0.1, -0.05) is 48.0 Å². The summed E-state index contributed by atoms with van der Waals surface area (Å²) in [4.78, 5) is 30.1. The first-order chi connectivity index (χ1) is 14.0. The van der Waals surface area contributed by atoms with E-state index in [-0.39, 0.29) is 18.4 Å². The van der Waals surface area contributed by atoms with Gasteiger partial charge in [-0.25, -0.2) is 0 Å². The van der Waals surface area contributed by atoms with Crippen LogP contribution in [0.25, 0.3) is 5.57 Å². The van der Waals surface area contributed by atoms with Crippen LogP contribution in [0.15, 0.2) is 48.2 Å². The van der Waals surface area contributed by atoms with E-state index in [1.807, 2.05) is 38.1 Å². The second-order valence-electron chi connectivity index (χ2n) is 7.74. The second kappa shape index (κ2) is 7.84. The molecule has 2 aliphatic rings. The normalized spacial score (nSPS) is 16.7. The van der Waals surface area contributed by atoms with Crippen molar-refractivity contribution in [2.75, 3.05) is 26.8 Å². The van der Waals surface area contributed by atoms with Gasteiger partial charge in [0, 0.05) is 20.2 Å². The van der Waals surface area contributed by atoms with Gasteiger partial charge in [0.25, 0.3) is 11.8 Å². The van der Waals surface area contributed by atoms with Crippen molar-refractivity contribution in [1.29, 1.82) is 0 Å². The monoisotopic (exact) mass is 390 g/mol. The number of fused-ring (bicyclic) bond motifs is 1. The molecule has 2 heterocycles. The predicted molar refractivity (Wildman–Crippen MR) is 112 cm³/mol. The molecule has 0 atom stereocenters. The van der Waals surface area contributed by atoms with Gasteiger partial charge < -0.3 is 9.64 Å². The van der Waals surface area contributed by atoms with Crippen molar-refractivity contribution in [2.24, 2.45) is 0 Å². The zero-order valence-corrected chi connectivity index (χ0v) is 17.2. The van der Waals surface area contributed by atoms with Crippen LogP contribution in [0.3, 0.4) is 0 Å². The van der Waals surface area contributed by atoms with Crippen molar-refractivity contribution < 1.29 is 14.3 Å². The number of rotatable bonds is 5. The SMILES string of the molecule is COCCN1C(=O)C(c2ccc(C)cc2C)=C(N2CCc3ccccc3C2)C1=O. The van der Waals surface area contributed by atoms with Crippen molar-refractivity contribution in [3.63, 3.8) is 0 Å². The number of hydrogen-bond donors (Lipinski definition) is 0. The van der Waals surface area contributed by atoms with E-state index in [1.165, 1.54) is 16.0 Å². The van der Waals surface area contributed by atoms with Crippen LogP contribution in [0, 0.1) is 13.8 Å². The number of imide groups is 1. The summed E-state index contributed by atoms with van der Waals surface area (Å²) in [7, 11) is 1.58. The van der Waals surface area contributed by atoms with Crippen LogP contribution in [0.2, 0.25) is 0 Å². The molecule has 2 amide bonds. The zero-order valence-electron chi connectivity index (χ0n) is 17.2. The van der Waals surface area contributed by atoms with Gasteiger partial charge in [0.1, 0.15) is 5.70 Å². The maximum atomic E-state index is 13.3. The molecule has 0 aliphatic carbocycles. The fraction of sp³-hybridized carbons (Fsp3) is 0.333. The Hall–Kier alpha value is -2.92. The van der Waals surface area contributed by atoms with Crippen LogP contribution in [-0.4, -0.2) is 48.4 Å². The van der Waals surface area contributed by atoms with Crippen LogP contribution < -0.4 is 0 Å². The molecule has 5 heteroatoms. The molecule has 2 aromatic rings. The summed E-state index contributed by atoms with van der Waals surface area (Å²) < 4.78 is 5.13. The molecule has 150 valence electrons. The first kappa shape index (κ1) is 19.4. The van der Waals surface area contributed by atoms with E-state index in [9.17, 15) is 9.59 Å². The van der Waals surface area contributed by atoms with Crippen LogP contribution >= 0.6 is 0 Å². The van der Waals surface area contributed by atoms with E-state index in [1.54, 1.807) is 7.11 Å².